The summed E-state index contributed by atoms with van der Waals surface area (Å²) in [6.07, 6.45) is -4.65. The number of benzene rings is 1. The van der Waals surface area contributed by atoms with E-state index in [1.54, 1.807) is 18.2 Å². The van der Waals surface area contributed by atoms with Gasteiger partial charge in [-0.1, -0.05) is 50.1 Å². The Morgan fingerprint density at radius 3 is 2.29 bits per heavy atom. The molecule has 1 rings (SSSR count). The van der Waals surface area contributed by atoms with Crippen molar-refractivity contribution < 1.29 is 17.9 Å². The van der Waals surface area contributed by atoms with Crippen molar-refractivity contribution in [1.82, 2.24) is 0 Å². The molecule has 6 heteroatoms. The summed E-state index contributed by atoms with van der Waals surface area (Å²) >= 11 is 5.93. The van der Waals surface area contributed by atoms with Crippen LogP contribution in [0.2, 0.25) is 0 Å². The number of hydrogen-bond acceptors (Lipinski definition) is 1. The molecule has 1 atom stereocenters. The highest BCUT2D eigenvalue weighted by atomic mass is 79.9. The van der Waals surface area contributed by atoms with Crippen LogP contribution in [-0.2, 0) is 4.74 Å². The number of rotatable bonds is 2. The molecule has 1 nitrogen and oxygen atoms in total. The molecule has 0 bridgehead atoms. The molecular weight excluding hydrogens is 329 g/mol. The standard InChI is InChI=1S/C8H5Br2F3O/c9-6-4-2-1-3-5(6)7(10)14-8(11,12)13/h1-4,7H. The molecule has 0 aliphatic carbocycles. The average Bonchev–Trinajstić information content (AvgIpc) is 2.01. The van der Waals surface area contributed by atoms with Gasteiger partial charge in [-0.15, -0.1) is 13.2 Å². The van der Waals surface area contributed by atoms with Crippen molar-refractivity contribution in [2.24, 2.45) is 0 Å². The Morgan fingerprint density at radius 1 is 1.21 bits per heavy atom. The maximum atomic E-state index is 11.9. The molecule has 0 fully saturated rings. The molecule has 0 spiro atoms. The minimum atomic E-state index is -4.65. The third-order valence-electron chi connectivity index (χ3n) is 1.39. The van der Waals surface area contributed by atoms with Gasteiger partial charge in [-0.25, -0.2) is 0 Å². The SMILES string of the molecule is FC(F)(F)OC(Br)c1ccccc1Br. The van der Waals surface area contributed by atoms with Gasteiger partial charge < -0.3 is 0 Å². The van der Waals surface area contributed by atoms with E-state index in [4.69, 9.17) is 0 Å². The van der Waals surface area contributed by atoms with E-state index < -0.39 is 11.4 Å². The Labute approximate surface area is 95.5 Å². The Kier molecular flexibility index (Phi) is 3.97. The lowest BCUT2D eigenvalue weighted by atomic mass is 10.2. The topological polar surface area (TPSA) is 9.23 Å². The van der Waals surface area contributed by atoms with Crippen LogP contribution in [-0.4, -0.2) is 6.36 Å². The van der Waals surface area contributed by atoms with E-state index in [9.17, 15) is 13.2 Å². The highest BCUT2D eigenvalue weighted by molar-refractivity contribution is 9.11. The first-order valence-corrected chi connectivity index (χ1v) is 5.24. The smallest absolute Gasteiger partial charge is 0.272 e. The second kappa shape index (κ2) is 4.63. The van der Waals surface area contributed by atoms with Crippen LogP contribution in [0.1, 0.15) is 10.6 Å². The number of hydrogen-bond donors (Lipinski definition) is 0. The highest BCUT2D eigenvalue weighted by Crippen LogP contribution is 2.35. The molecule has 78 valence electrons. The van der Waals surface area contributed by atoms with Crippen LogP contribution >= 0.6 is 31.9 Å². The van der Waals surface area contributed by atoms with E-state index in [1.165, 1.54) is 6.07 Å². The van der Waals surface area contributed by atoms with Gasteiger partial charge in [0.25, 0.3) is 0 Å². The summed E-state index contributed by atoms with van der Waals surface area (Å²) in [6, 6.07) is 6.52. The molecule has 1 aromatic carbocycles. The van der Waals surface area contributed by atoms with Crippen molar-refractivity contribution in [3.8, 4) is 0 Å². The van der Waals surface area contributed by atoms with Crippen LogP contribution in [0.4, 0.5) is 13.2 Å². The third kappa shape index (κ3) is 3.59. The van der Waals surface area contributed by atoms with Crippen molar-refractivity contribution in [3.05, 3.63) is 34.3 Å². The molecule has 0 amide bonds. The summed E-state index contributed by atoms with van der Waals surface area (Å²) in [5.74, 6) is 0. The van der Waals surface area contributed by atoms with Crippen molar-refractivity contribution in [3.63, 3.8) is 0 Å². The maximum absolute atomic E-state index is 11.9. The van der Waals surface area contributed by atoms with Gasteiger partial charge in [-0.05, 0) is 6.07 Å². The fraction of sp³-hybridized carbons (Fsp3) is 0.250. The van der Waals surface area contributed by atoms with Crippen molar-refractivity contribution >= 4 is 31.9 Å². The summed E-state index contributed by atoms with van der Waals surface area (Å²) in [7, 11) is 0. The minimum absolute atomic E-state index is 0.393. The van der Waals surface area contributed by atoms with Gasteiger partial charge in [0, 0.05) is 10.0 Å². The first-order valence-electron chi connectivity index (χ1n) is 3.53. The first kappa shape index (κ1) is 12.0. The molecular formula is C8H5Br2F3O. The lowest BCUT2D eigenvalue weighted by Gasteiger charge is -2.14. The third-order valence-corrected chi connectivity index (χ3v) is 2.79. The average molecular weight is 334 g/mol. The maximum Gasteiger partial charge on any atom is 0.523 e. The van der Waals surface area contributed by atoms with Gasteiger partial charge in [0.1, 0.15) is 5.01 Å². The second-order valence-corrected chi connectivity index (χ2v) is 4.09. The lowest BCUT2D eigenvalue weighted by molar-refractivity contribution is -0.330. The molecule has 0 saturated heterocycles. The van der Waals surface area contributed by atoms with Gasteiger partial charge in [0.15, 0.2) is 0 Å². The fourth-order valence-corrected chi connectivity index (χ4v) is 2.25. The van der Waals surface area contributed by atoms with Crippen LogP contribution in [0.15, 0.2) is 28.7 Å². The van der Waals surface area contributed by atoms with E-state index >= 15 is 0 Å². The summed E-state index contributed by atoms with van der Waals surface area (Å²) in [5, 5.41) is -1.20. The Hall–Kier alpha value is -0.0700. The van der Waals surface area contributed by atoms with Gasteiger partial charge in [-0.2, -0.15) is 0 Å². The monoisotopic (exact) mass is 332 g/mol. The van der Waals surface area contributed by atoms with E-state index in [-0.39, 0.29) is 0 Å². The molecule has 0 aliphatic rings. The van der Waals surface area contributed by atoms with Crippen LogP contribution in [0, 0.1) is 0 Å². The van der Waals surface area contributed by atoms with Gasteiger partial charge in [0.2, 0.25) is 0 Å². The summed E-state index contributed by atoms with van der Waals surface area (Å²) < 4.78 is 39.9. The molecule has 0 aliphatic heterocycles. The molecule has 14 heavy (non-hydrogen) atoms. The Bertz CT molecular complexity index is 314. The predicted octanol–water partition coefficient (Wildman–Crippen LogP) is 4.38. The van der Waals surface area contributed by atoms with Gasteiger partial charge >= 0.3 is 6.36 Å². The molecule has 0 saturated carbocycles. The Balaban J connectivity index is 2.80. The molecule has 0 N–H and O–H groups in total. The quantitative estimate of drug-likeness (QED) is 0.730. The zero-order chi connectivity index (χ0) is 10.8. The lowest BCUT2D eigenvalue weighted by Crippen LogP contribution is -2.15. The van der Waals surface area contributed by atoms with Gasteiger partial charge in [-0.3, -0.25) is 4.74 Å². The first-order chi connectivity index (χ1) is 6.40. The largest absolute Gasteiger partial charge is 0.523 e. The van der Waals surface area contributed by atoms with E-state index in [0.717, 1.165) is 0 Å². The van der Waals surface area contributed by atoms with Crippen LogP contribution < -0.4 is 0 Å². The second-order valence-electron chi connectivity index (χ2n) is 2.40. The molecule has 0 radical (unpaired) electrons. The highest BCUT2D eigenvalue weighted by Gasteiger charge is 2.33. The van der Waals surface area contributed by atoms with Crippen molar-refractivity contribution in [1.29, 1.82) is 0 Å². The fourth-order valence-electron chi connectivity index (χ4n) is 0.840. The van der Waals surface area contributed by atoms with Crippen LogP contribution in [0.3, 0.4) is 0 Å². The number of ether oxygens (including phenoxy) is 1. The minimum Gasteiger partial charge on any atom is -0.272 e. The molecule has 1 unspecified atom stereocenters. The van der Waals surface area contributed by atoms with Crippen molar-refractivity contribution in [2.75, 3.05) is 0 Å². The van der Waals surface area contributed by atoms with E-state index in [0.29, 0.717) is 10.0 Å². The van der Waals surface area contributed by atoms with Crippen LogP contribution in [0.5, 0.6) is 0 Å². The van der Waals surface area contributed by atoms with E-state index in [1.807, 2.05) is 0 Å². The molecule has 0 aromatic heterocycles. The summed E-state index contributed by atoms with van der Waals surface area (Å²) in [6.45, 7) is 0. The number of halogens is 5. The summed E-state index contributed by atoms with van der Waals surface area (Å²) in [4.78, 5) is 0. The van der Waals surface area contributed by atoms with Crippen molar-refractivity contribution in [2.45, 2.75) is 11.4 Å². The summed E-state index contributed by atoms with van der Waals surface area (Å²) in [5.41, 5.74) is 0.393. The number of alkyl halides is 4. The molecule has 1 aromatic rings. The zero-order valence-electron chi connectivity index (χ0n) is 6.68. The molecule has 0 heterocycles. The normalized spacial score (nSPS) is 14.1. The van der Waals surface area contributed by atoms with E-state index in [2.05, 4.69) is 36.6 Å². The predicted molar refractivity (Wildman–Crippen MR) is 53.0 cm³/mol. The Morgan fingerprint density at radius 2 is 1.79 bits per heavy atom. The van der Waals surface area contributed by atoms with Gasteiger partial charge in [0.05, 0.1) is 0 Å². The van der Waals surface area contributed by atoms with Crippen LogP contribution in [0.25, 0.3) is 0 Å². The zero-order valence-corrected chi connectivity index (χ0v) is 9.86.